The zero-order valence-electron chi connectivity index (χ0n) is 19.9. The van der Waals surface area contributed by atoms with Crippen LogP contribution in [0.15, 0.2) is 12.2 Å². The molecule has 0 aromatic heterocycles. The van der Waals surface area contributed by atoms with Gasteiger partial charge in [-0.05, 0) is 52.9 Å². The van der Waals surface area contributed by atoms with Crippen molar-refractivity contribution in [3.63, 3.8) is 0 Å². The Hall–Kier alpha value is -2.46. The third-order valence-corrected chi connectivity index (χ3v) is 5.98. The summed E-state index contributed by atoms with van der Waals surface area (Å²) in [7, 11) is 0. The summed E-state index contributed by atoms with van der Waals surface area (Å²) >= 11 is 0. The van der Waals surface area contributed by atoms with Gasteiger partial charge in [0.15, 0.2) is 0 Å². The fraction of sp³-hybridized carbons (Fsp3) is 0.739. The quantitative estimate of drug-likeness (QED) is 0.264. The number of nitrogens with zero attached hydrogens (tertiary/aromatic N) is 2. The number of allylic oxidation sites excluding steroid dienone is 2. The Bertz CT molecular complexity index is 765. The summed E-state index contributed by atoms with van der Waals surface area (Å²) in [5.41, 5.74) is 2.20. The summed E-state index contributed by atoms with van der Waals surface area (Å²) in [6.45, 7) is 7.99. The number of likely N-dealkylation sites (tertiary alicyclic amines) is 1. The third kappa shape index (κ3) is 6.11. The molecule has 3 aliphatic rings. The normalized spacial score (nSPS) is 27.5. The van der Waals surface area contributed by atoms with Gasteiger partial charge >= 0.3 is 12.1 Å². The van der Waals surface area contributed by atoms with Gasteiger partial charge in [0, 0.05) is 6.54 Å². The monoisotopic (exact) mass is 465 g/mol. The molecule has 1 N–H and O–H groups in total. The number of unbranched alkanes of at least 4 members (excludes halogenated alkanes) is 1. The van der Waals surface area contributed by atoms with E-state index in [-0.39, 0.29) is 19.0 Å². The largest absolute Gasteiger partial charge is 0.444 e. The van der Waals surface area contributed by atoms with Gasteiger partial charge in [-0.3, -0.25) is 14.5 Å². The molecule has 1 aliphatic carbocycles. The first kappa shape index (κ1) is 25.2. The molecule has 2 saturated heterocycles. The highest BCUT2D eigenvalue weighted by Gasteiger charge is 2.51. The second-order valence-electron chi connectivity index (χ2n) is 9.78. The second kappa shape index (κ2) is 10.6. The maximum Gasteiger partial charge on any atom is 0.411 e. The van der Waals surface area contributed by atoms with Gasteiger partial charge in [0.1, 0.15) is 11.6 Å². The van der Waals surface area contributed by atoms with E-state index in [1.807, 2.05) is 12.2 Å². The lowest BCUT2D eigenvalue weighted by Gasteiger charge is -2.38. The molecule has 0 spiro atoms. The van der Waals surface area contributed by atoms with Crippen LogP contribution in [0.2, 0.25) is 0 Å². The highest BCUT2D eigenvalue weighted by Crippen LogP contribution is 2.35. The van der Waals surface area contributed by atoms with Crippen LogP contribution in [0, 0.1) is 11.8 Å². The molecule has 3 amide bonds. The molecule has 0 aromatic carbocycles. The van der Waals surface area contributed by atoms with Crippen LogP contribution in [-0.2, 0) is 28.8 Å². The first-order chi connectivity index (χ1) is 15.6. The Kier molecular flexibility index (Phi) is 8.12. The molecular weight excluding hydrogens is 430 g/mol. The molecule has 2 aliphatic heterocycles. The van der Waals surface area contributed by atoms with Crippen LogP contribution in [0.1, 0.15) is 66.2 Å². The van der Waals surface area contributed by atoms with Gasteiger partial charge in [0.05, 0.1) is 24.5 Å². The lowest BCUT2D eigenvalue weighted by atomic mass is 9.85. The first-order valence-corrected chi connectivity index (χ1v) is 11.7. The Labute approximate surface area is 194 Å². The first-order valence-electron chi connectivity index (χ1n) is 11.7. The fourth-order valence-corrected chi connectivity index (χ4v) is 4.24. The lowest BCUT2D eigenvalue weighted by molar-refractivity contribution is -0.203. The minimum absolute atomic E-state index is 0.165. The standard InChI is InChI=1S/C23H35N3O7/c1-5-6-13-31-24-15-11-12-18(25(14-15)22(30)32-23(2,3)4)21(29)33-26-19(27)16-9-7-8-10-17(16)20(26)28/h7-8,15-18,24H,5-6,9-14H2,1-4H3/t15-,16?,17?,18+/m1/s1. The Morgan fingerprint density at radius 1 is 1.09 bits per heavy atom. The topological polar surface area (TPSA) is 114 Å². The maximum atomic E-state index is 13.1. The number of carbonyl (C=O) groups is 4. The minimum atomic E-state index is -0.977. The number of piperidine rings is 1. The molecule has 0 bridgehead atoms. The second-order valence-corrected chi connectivity index (χ2v) is 9.78. The SMILES string of the molecule is CCCCON[C@@H]1CC[C@@H](C(=O)ON2C(=O)C3CC=CCC3C2=O)N(C(=O)OC(C)(C)C)C1. The molecule has 0 aromatic rings. The molecule has 0 radical (unpaired) electrons. The van der Waals surface area contributed by atoms with Crippen molar-refractivity contribution in [2.24, 2.45) is 11.8 Å². The molecule has 10 nitrogen and oxygen atoms in total. The van der Waals surface area contributed by atoms with Crippen molar-refractivity contribution < 1.29 is 33.6 Å². The molecule has 2 heterocycles. The van der Waals surface area contributed by atoms with Gasteiger partial charge < -0.3 is 14.4 Å². The van der Waals surface area contributed by atoms with Gasteiger partial charge in [-0.2, -0.15) is 5.48 Å². The zero-order valence-corrected chi connectivity index (χ0v) is 19.9. The highest BCUT2D eigenvalue weighted by atomic mass is 16.7. The summed E-state index contributed by atoms with van der Waals surface area (Å²) < 4.78 is 5.49. The van der Waals surface area contributed by atoms with Gasteiger partial charge in [-0.25, -0.2) is 9.59 Å². The predicted octanol–water partition coefficient (Wildman–Crippen LogP) is 2.49. The molecular formula is C23H35N3O7. The van der Waals surface area contributed by atoms with Crippen molar-refractivity contribution >= 4 is 23.9 Å². The molecule has 4 atom stereocenters. The molecule has 3 rings (SSSR count). The molecule has 184 valence electrons. The number of amides is 3. The van der Waals surface area contributed by atoms with E-state index in [9.17, 15) is 19.2 Å². The number of hydrogen-bond donors (Lipinski definition) is 1. The van der Waals surface area contributed by atoms with Crippen molar-refractivity contribution in [1.82, 2.24) is 15.4 Å². The Morgan fingerprint density at radius 3 is 2.30 bits per heavy atom. The van der Waals surface area contributed by atoms with E-state index in [2.05, 4.69) is 12.4 Å². The fourth-order valence-electron chi connectivity index (χ4n) is 4.24. The molecule has 0 saturated carbocycles. The number of carbonyl (C=O) groups excluding carboxylic acids is 4. The molecule has 33 heavy (non-hydrogen) atoms. The van der Waals surface area contributed by atoms with Gasteiger partial charge in [-0.15, -0.1) is 5.06 Å². The van der Waals surface area contributed by atoms with Crippen molar-refractivity contribution in [2.75, 3.05) is 13.2 Å². The van der Waals surface area contributed by atoms with Crippen LogP contribution < -0.4 is 5.48 Å². The van der Waals surface area contributed by atoms with E-state index in [1.54, 1.807) is 20.8 Å². The van der Waals surface area contributed by atoms with E-state index in [0.717, 1.165) is 12.8 Å². The van der Waals surface area contributed by atoms with Gasteiger partial charge in [-0.1, -0.05) is 25.5 Å². The van der Waals surface area contributed by atoms with Crippen molar-refractivity contribution in [3.05, 3.63) is 12.2 Å². The number of imide groups is 1. The summed E-state index contributed by atoms with van der Waals surface area (Å²) in [4.78, 5) is 63.3. The lowest BCUT2D eigenvalue weighted by Crippen LogP contribution is -2.57. The average Bonchev–Trinajstić information content (AvgIpc) is 3.00. The van der Waals surface area contributed by atoms with Gasteiger partial charge in [0.2, 0.25) is 0 Å². The van der Waals surface area contributed by atoms with E-state index >= 15 is 0 Å². The Morgan fingerprint density at radius 2 is 1.73 bits per heavy atom. The predicted molar refractivity (Wildman–Crippen MR) is 117 cm³/mol. The van der Waals surface area contributed by atoms with Crippen molar-refractivity contribution in [3.8, 4) is 0 Å². The van der Waals surface area contributed by atoms with E-state index < -0.39 is 47.4 Å². The number of hydroxylamine groups is 3. The summed E-state index contributed by atoms with van der Waals surface area (Å²) in [6, 6.07) is -1.17. The summed E-state index contributed by atoms with van der Waals surface area (Å²) in [5, 5.41) is 0.593. The number of rotatable bonds is 7. The highest BCUT2D eigenvalue weighted by molar-refractivity contribution is 6.05. The third-order valence-electron chi connectivity index (χ3n) is 5.98. The van der Waals surface area contributed by atoms with Crippen LogP contribution in [0.3, 0.4) is 0 Å². The number of hydrogen-bond acceptors (Lipinski definition) is 8. The molecule has 2 unspecified atom stereocenters. The average molecular weight is 466 g/mol. The smallest absolute Gasteiger partial charge is 0.411 e. The van der Waals surface area contributed by atoms with Crippen LogP contribution in [-0.4, -0.2) is 64.7 Å². The maximum absolute atomic E-state index is 13.1. The summed E-state index contributed by atoms with van der Waals surface area (Å²) in [5.74, 6) is -2.84. The summed E-state index contributed by atoms with van der Waals surface area (Å²) in [6.07, 6.45) is 6.67. The van der Waals surface area contributed by atoms with Crippen LogP contribution in [0.25, 0.3) is 0 Å². The number of nitrogens with one attached hydrogen (secondary N) is 1. The van der Waals surface area contributed by atoms with Crippen LogP contribution in [0.5, 0.6) is 0 Å². The Balaban J connectivity index is 1.68. The zero-order chi connectivity index (χ0) is 24.2. The number of fused-ring (bicyclic) bond motifs is 1. The van der Waals surface area contributed by atoms with Crippen molar-refractivity contribution in [2.45, 2.75) is 83.9 Å². The van der Waals surface area contributed by atoms with E-state index in [1.165, 1.54) is 4.90 Å². The van der Waals surface area contributed by atoms with Gasteiger partial charge in [0.25, 0.3) is 11.8 Å². The minimum Gasteiger partial charge on any atom is -0.444 e. The van der Waals surface area contributed by atoms with E-state index in [0.29, 0.717) is 30.9 Å². The van der Waals surface area contributed by atoms with Crippen LogP contribution >= 0.6 is 0 Å². The number of ether oxygens (including phenoxy) is 1. The van der Waals surface area contributed by atoms with Crippen molar-refractivity contribution in [1.29, 1.82) is 0 Å². The molecule has 2 fully saturated rings. The van der Waals surface area contributed by atoms with Crippen LogP contribution in [0.4, 0.5) is 4.79 Å². The molecule has 10 heteroatoms. The van der Waals surface area contributed by atoms with E-state index in [4.69, 9.17) is 14.4 Å².